The third-order valence-corrected chi connectivity index (χ3v) is 2.58. The van der Waals surface area contributed by atoms with Gasteiger partial charge in [-0.3, -0.25) is 0 Å². The molecule has 0 fully saturated rings. The van der Waals surface area contributed by atoms with E-state index in [9.17, 15) is 13.2 Å². The van der Waals surface area contributed by atoms with Crippen LogP contribution in [-0.2, 0) is 0 Å². The summed E-state index contributed by atoms with van der Waals surface area (Å²) in [6.45, 7) is 1.59. The Labute approximate surface area is 108 Å². The number of nitrogens with two attached hydrogens (primary N) is 1. The van der Waals surface area contributed by atoms with E-state index in [1.807, 2.05) is 0 Å². The molecule has 0 saturated heterocycles. The van der Waals surface area contributed by atoms with E-state index in [2.05, 4.69) is 0 Å². The van der Waals surface area contributed by atoms with Crippen molar-refractivity contribution in [3.8, 4) is 11.5 Å². The van der Waals surface area contributed by atoms with Crippen LogP contribution in [-0.4, -0.2) is 0 Å². The molecule has 0 unspecified atom stereocenters. The first-order valence-corrected chi connectivity index (χ1v) is 5.66. The van der Waals surface area contributed by atoms with Gasteiger partial charge in [0.15, 0.2) is 11.6 Å². The number of hydrogen-bond donors (Lipinski definition) is 1. The van der Waals surface area contributed by atoms with Crippen LogP contribution in [0.15, 0.2) is 36.4 Å². The zero-order valence-electron chi connectivity index (χ0n) is 10.2. The van der Waals surface area contributed by atoms with Gasteiger partial charge in [0.25, 0.3) is 0 Å². The number of ether oxygens (including phenoxy) is 1. The second-order valence-corrected chi connectivity index (χ2v) is 4.12. The van der Waals surface area contributed by atoms with E-state index < -0.39 is 23.5 Å². The first kappa shape index (κ1) is 13.4. The van der Waals surface area contributed by atoms with Crippen molar-refractivity contribution in [1.29, 1.82) is 0 Å². The van der Waals surface area contributed by atoms with Gasteiger partial charge in [0.05, 0.1) is 0 Å². The summed E-state index contributed by atoms with van der Waals surface area (Å²) in [5.74, 6) is -2.18. The predicted octanol–water partition coefficient (Wildman–Crippen LogP) is 3.92. The SMILES string of the molecule is C[C@@H](N)c1c(F)cccc1Oc1ccc(F)cc1F. The van der Waals surface area contributed by atoms with Crippen molar-refractivity contribution >= 4 is 0 Å². The molecule has 0 bridgehead atoms. The lowest BCUT2D eigenvalue weighted by molar-refractivity contribution is 0.425. The maximum absolute atomic E-state index is 13.7. The first-order chi connectivity index (χ1) is 8.99. The Hall–Kier alpha value is -2.01. The van der Waals surface area contributed by atoms with E-state index in [0.29, 0.717) is 6.07 Å². The Balaban J connectivity index is 2.41. The zero-order chi connectivity index (χ0) is 14.0. The molecule has 1 atom stereocenters. The fourth-order valence-electron chi connectivity index (χ4n) is 1.72. The molecule has 0 aliphatic heterocycles. The smallest absolute Gasteiger partial charge is 0.168 e. The summed E-state index contributed by atoms with van der Waals surface area (Å²) in [6, 6.07) is 6.43. The summed E-state index contributed by atoms with van der Waals surface area (Å²) in [7, 11) is 0. The van der Waals surface area contributed by atoms with Crippen LogP contribution in [0.2, 0.25) is 0 Å². The second-order valence-electron chi connectivity index (χ2n) is 4.12. The maximum atomic E-state index is 13.7. The van der Waals surface area contributed by atoms with Gasteiger partial charge in [-0.2, -0.15) is 0 Å². The fraction of sp³-hybridized carbons (Fsp3) is 0.143. The Morgan fingerprint density at radius 3 is 2.37 bits per heavy atom. The van der Waals surface area contributed by atoms with Crippen LogP contribution < -0.4 is 10.5 Å². The maximum Gasteiger partial charge on any atom is 0.168 e. The lowest BCUT2D eigenvalue weighted by atomic mass is 10.1. The van der Waals surface area contributed by atoms with Gasteiger partial charge in [-0.05, 0) is 31.2 Å². The fourth-order valence-corrected chi connectivity index (χ4v) is 1.72. The van der Waals surface area contributed by atoms with Gasteiger partial charge in [-0.1, -0.05) is 6.07 Å². The minimum atomic E-state index is -0.861. The molecule has 0 aliphatic carbocycles. The average Bonchev–Trinajstić information content (AvgIpc) is 2.32. The lowest BCUT2D eigenvalue weighted by Crippen LogP contribution is -2.09. The molecule has 0 saturated carbocycles. The van der Waals surface area contributed by atoms with Crippen LogP contribution >= 0.6 is 0 Å². The highest BCUT2D eigenvalue weighted by Crippen LogP contribution is 2.32. The summed E-state index contributed by atoms with van der Waals surface area (Å²) in [5, 5.41) is 0. The summed E-state index contributed by atoms with van der Waals surface area (Å²) in [4.78, 5) is 0. The predicted molar refractivity (Wildman–Crippen MR) is 65.4 cm³/mol. The lowest BCUT2D eigenvalue weighted by Gasteiger charge is -2.14. The number of hydrogen-bond acceptors (Lipinski definition) is 2. The standard InChI is InChI=1S/C14H12F3NO/c1-8(18)14-10(16)3-2-4-13(14)19-12-6-5-9(15)7-11(12)17/h2-8H,18H2,1H3/t8-/m1/s1. The van der Waals surface area contributed by atoms with E-state index in [-0.39, 0.29) is 17.1 Å². The van der Waals surface area contributed by atoms with E-state index in [0.717, 1.165) is 12.1 Å². The molecule has 2 nitrogen and oxygen atoms in total. The summed E-state index contributed by atoms with van der Waals surface area (Å²) >= 11 is 0. The molecule has 19 heavy (non-hydrogen) atoms. The summed E-state index contributed by atoms with van der Waals surface area (Å²) < 4.78 is 45.2. The molecular weight excluding hydrogens is 255 g/mol. The van der Waals surface area contributed by atoms with Gasteiger partial charge >= 0.3 is 0 Å². The van der Waals surface area contributed by atoms with Gasteiger partial charge in [-0.25, -0.2) is 13.2 Å². The molecular formula is C14H12F3NO. The van der Waals surface area contributed by atoms with E-state index in [1.54, 1.807) is 6.92 Å². The third kappa shape index (κ3) is 2.88. The number of rotatable bonds is 3. The van der Waals surface area contributed by atoms with Gasteiger partial charge < -0.3 is 10.5 Å². The van der Waals surface area contributed by atoms with Crippen LogP contribution in [0, 0.1) is 17.5 Å². The number of halogens is 3. The summed E-state index contributed by atoms with van der Waals surface area (Å²) in [5.41, 5.74) is 5.80. The van der Waals surface area contributed by atoms with E-state index in [1.165, 1.54) is 18.2 Å². The minimum Gasteiger partial charge on any atom is -0.454 e. The molecule has 0 spiro atoms. The van der Waals surface area contributed by atoms with Gasteiger partial charge in [0.1, 0.15) is 17.4 Å². The second kappa shape index (κ2) is 5.32. The van der Waals surface area contributed by atoms with Crippen LogP contribution in [0.3, 0.4) is 0 Å². The van der Waals surface area contributed by atoms with Crippen LogP contribution in [0.4, 0.5) is 13.2 Å². The van der Waals surface area contributed by atoms with Crippen molar-refractivity contribution in [2.45, 2.75) is 13.0 Å². The molecule has 0 aliphatic rings. The molecule has 0 aromatic heterocycles. The topological polar surface area (TPSA) is 35.2 Å². The minimum absolute atomic E-state index is 0.112. The monoisotopic (exact) mass is 267 g/mol. The van der Waals surface area contributed by atoms with Crippen molar-refractivity contribution < 1.29 is 17.9 Å². The molecule has 2 aromatic rings. The molecule has 5 heteroatoms. The van der Waals surface area contributed by atoms with E-state index in [4.69, 9.17) is 10.5 Å². The molecule has 0 heterocycles. The van der Waals surface area contributed by atoms with Gasteiger partial charge in [-0.15, -0.1) is 0 Å². The normalized spacial score (nSPS) is 12.3. The van der Waals surface area contributed by atoms with E-state index >= 15 is 0 Å². The average molecular weight is 267 g/mol. The van der Waals surface area contributed by atoms with Crippen molar-refractivity contribution in [3.63, 3.8) is 0 Å². The molecule has 0 radical (unpaired) electrons. The zero-order valence-corrected chi connectivity index (χ0v) is 10.2. The Kier molecular flexibility index (Phi) is 3.76. The number of benzene rings is 2. The molecule has 100 valence electrons. The highest BCUT2D eigenvalue weighted by Gasteiger charge is 2.15. The molecule has 2 aromatic carbocycles. The van der Waals surface area contributed by atoms with Crippen molar-refractivity contribution in [1.82, 2.24) is 0 Å². The Morgan fingerprint density at radius 1 is 1.00 bits per heavy atom. The Morgan fingerprint density at radius 2 is 1.74 bits per heavy atom. The molecule has 2 N–H and O–H groups in total. The van der Waals surface area contributed by atoms with Crippen LogP contribution in [0.5, 0.6) is 11.5 Å². The third-order valence-electron chi connectivity index (χ3n) is 2.58. The van der Waals surface area contributed by atoms with Gasteiger partial charge in [0.2, 0.25) is 0 Å². The van der Waals surface area contributed by atoms with Crippen molar-refractivity contribution in [2.24, 2.45) is 5.73 Å². The first-order valence-electron chi connectivity index (χ1n) is 5.66. The summed E-state index contributed by atoms with van der Waals surface area (Å²) in [6.07, 6.45) is 0. The van der Waals surface area contributed by atoms with Crippen LogP contribution in [0.1, 0.15) is 18.5 Å². The Bertz CT molecular complexity index is 599. The highest BCUT2D eigenvalue weighted by molar-refractivity contribution is 5.40. The van der Waals surface area contributed by atoms with Gasteiger partial charge in [0, 0.05) is 17.7 Å². The van der Waals surface area contributed by atoms with Crippen LogP contribution in [0.25, 0.3) is 0 Å². The van der Waals surface area contributed by atoms with Crippen molar-refractivity contribution in [3.05, 3.63) is 59.4 Å². The molecule has 0 amide bonds. The molecule has 2 rings (SSSR count). The quantitative estimate of drug-likeness (QED) is 0.914. The largest absolute Gasteiger partial charge is 0.454 e. The van der Waals surface area contributed by atoms with Crippen molar-refractivity contribution in [2.75, 3.05) is 0 Å². The highest BCUT2D eigenvalue weighted by atomic mass is 19.1.